The van der Waals surface area contributed by atoms with E-state index in [1.54, 1.807) is 0 Å². The molecule has 1 aliphatic heterocycles. The molecule has 146 valence electrons. The van der Waals surface area contributed by atoms with Crippen LogP contribution in [0.25, 0.3) is 0 Å². The number of para-hydroxylation sites is 1. The molecule has 1 fully saturated rings. The van der Waals surface area contributed by atoms with Crippen LogP contribution in [0.5, 0.6) is 0 Å². The minimum Gasteiger partial charge on any atom is -0.381 e. The molecule has 0 amide bonds. The Morgan fingerprint density at radius 2 is 2.00 bits per heavy atom. The number of ether oxygens (including phenoxy) is 1. The Morgan fingerprint density at radius 3 is 2.77 bits per heavy atom. The third kappa shape index (κ3) is 6.30. The maximum Gasteiger partial charge on any atom is 0.191 e. The van der Waals surface area contributed by atoms with Gasteiger partial charge in [-0.2, -0.15) is 0 Å². The zero-order valence-electron chi connectivity index (χ0n) is 16.0. The van der Waals surface area contributed by atoms with Gasteiger partial charge in [-0.25, -0.2) is 0 Å². The van der Waals surface area contributed by atoms with Crippen molar-refractivity contribution >= 4 is 35.6 Å². The number of benzene rings is 1. The third-order valence-corrected chi connectivity index (χ3v) is 5.03. The topological polar surface area (TPSA) is 48.9 Å². The highest BCUT2D eigenvalue weighted by molar-refractivity contribution is 14.0. The summed E-state index contributed by atoms with van der Waals surface area (Å²) in [5, 5.41) is 6.79. The zero-order valence-corrected chi connectivity index (χ0v) is 18.4. The van der Waals surface area contributed by atoms with Gasteiger partial charge in [0.15, 0.2) is 5.96 Å². The quantitative estimate of drug-likeness (QED) is 0.251. The maximum absolute atomic E-state index is 5.66. The van der Waals surface area contributed by atoms with E-state index >= 15 is 0 Å². The number of hydrogen-bond donors (Lipinski definition) is 2. The molecule has 6 heteroatoms. The van der Waals surface area contributed by atoms with Crippen molar-refractivity contribution in [3.05, 3.63) is 29.8 Å². The molecular weight excluding hydrogens is 439 g/mol. The van der Waals surface area contributed by atoms with Crippen LogP contribution in [0.1, 0.15) is 31.7 Å². The molecule has 0 saturated heterocycles. The van der Waals surface area contributed by atoms with E-state index in [-0.39, 0.29) is 24.0 Å². The Hall–Kier alpha value is -1.02. The van der Waals surface area contributed by atoms with Crippen LogP contribution >= 0.6 is 24.0 Å². The van der Waals surface area contributed by atoms with Crippen LogP contribution in [-0.2, 0) is 11.2 Å². The van der Waals surface area contributed by atoms with Crippen LogP contribution < -0.4 is 15.5 Å². The number of halogens is 1. The molecule has 1 heterocycles. The highest BCUT2D eigenvalue weighted by Gasteiger charge is 2.24. The predicted molar refractivity (Wildman–Crippen MR) is 120 cm³/mol. The van der Waals surface area contributed by atoms with E-state index in [4.69, 9.17) is 4.74 Å². The molecule has 0 bridgehead atoms. The first kappa shape index (κ1) is 21.3. The summed E-state index contributed by atoms with van der Waals surface area (Å²) in [5.74, 6) is 1.72. The largest absolute Gasteiger partial charge is 0.381 e. The van der Waals surface area contributed by atoms with Crippen molar-refractivity contribution in [3.8, 4) is 0 Å². The lowest BCUT2D eigenvalue weighted by molar-refractivity contribution is 0.123. The molecule has 1 unspecified atom stereocenters. The SMILES string of the molecule is CN=C(NCCCOCC1CC1)NCCN1c2ccccc2CC1C.I. The Morgan fingerprint density at radius 1 is 1.23 bits per heavy atom. The third-order valence-electron chi connectivity index (χ3n) is 5.03. The molecule has 2 N–H and O–H groups in total. The number of rotatable bonds is 9. The van der Waals surface area contributed by atoms with Crippen molar-refractivity contribution in [3.63, 3.8) is 0 Å². The second-order valence-corrected chi connectivity index (χ2v) is 7.17. The Kier molecular flexibility index (Phi) is 8.98. The minimum absolute atomic E-state index is 0. The summed E-state index contributed by atoms with van der Waals surface area (Å²) in [6, 6.07) is 9.30. The summed E-state index contributed by atoms with van der Waals surface area (Å²) in [6.45, 7) is 6.85. The summed E-state index contributed by atoms with van der Waals surface area (Å²) >= 11 is 0. The highest BCUT2D eigenvalue weighted by Crippen LogP contribution is 2.31. The van der Waals surface area contributed by atoms with Crippen molar-refractivity contribution in [1.29, 1.82) is 0 Å². The fraction of sp³-hybridized carbons (Fsp3) is 0.650. The van der Waals surface area contributed by atoms with Gasteiger partial charge < -0.3 is 20.3 Å². The smallest absolute Gasteiger partial charge is 0.191 e. The van der Waals surface area contributed by atoms with E-state index < -0.39 is 0 Å². The van der Waals surface area contributed by atoms with E-state index in [0.29, 0.717) is 6.04 Å². The van der Waals surface area contributed by atoms with Gasteiger partial charge in [0.25, 0.3) is 0 Å². The average molecular weight is 472 g/mol. The number of hydrogen-bond acceptors (Lipinski definition) is 3. The van der Waals surface area contributed by atoms with Crippen LogP contribution in [0.4, 0.5) is 5.69 Å². The van der Waals surface area contributed by atoms with Gasteiger partial charge in [0.1, 0.15) is 0 Å². The van der Waals surface area contributed by atoms with Crippen LogP contribution in [0, 0.1) is 5.92 Å². The van der Waals surface area contributed by atoms with Gasteiger partial charge >= 0.3 is 0 Å². The predicted octanol–water partition coefficient (Wildman–Crippen LogP) is 3.04. The average Bonchev–Trinajstić information content (AvgIpc) is 3.39. The molecular formula is C20H33IN4O. The first-order chi connectivity index (χ1) is 12.3. The lowest BCUT2D eigenvalue weighted by atomic mass is 10.1. The molecule has 1 aromatic carbocycles. The number of nitrogens with one attached hydrogen (secondary N) is 2. The Bertz CT molecular complexity index is 577. The van der Waals surface area contributed by atoms with Gasteiger partial charge in [-0.05, 0) is 50.2 Å². The van der Waals surface area contributed by atoms with E-state index in [9.17, 15) is 0 Å². The summed E-state index contributed by atoms with van der Waals surface area (Å²) in [7, 11) is 1.83. The van der Waals surface area contributed by atoms with Gasteiger partial charge in [-0.15, -0.1) is 24.0 Å². The monoisotopic (exact) mass is 472 g/mol. The second-order valence-electron chi connectivity index (χ2n) is 7.17. The number of nitrogens with zero attached hydrogens (tertiary/aromatic N) is 2. The van der Waals surface area contributed by atoms with Gasteiger partial charge in [-0.3, -0.25) is 4.99 Å². The molecule has 0 aromatic heterocycles. The van der Waals surface area contributed by atoms with Crippen LogP contribution in [0.2, 0.25) is 0 Å². The van der Waals surface area contributed by atoms with Gasteiger partial charge in [0, 0.05) is 51.6 Å². The van der Waals surface area contributed by atoms with E-state index in [0.717, 1.165) is 57.6 Å². The molecule has 1 saturated carbocycles. The first-order valence-electron chi connectivity index (χ1n) is 9.64. The van der Waals surface area contributed by atoms with E-state index in [1.807, 2.05) is 7.05 Å². The van der Waals surface area contributed by atoms with Gasteiger partial charge in [0.05, 0.1) is 0 Å². The number of anilines is 1. The fourth-order valence-electron chi connectivity index (χ4n) is 3.40. The van der Waals surface area contributed by atoms with Crippen molar-refractivity contribution in [2.75, 3.05) is 44.8 Å². The first-order valence-corrected chi connectivity index (χ1v) is 9.64. The van der Waals surface area contributed by atoms with Crippen molar-refractivity contribution in [2.45, 2.75) is 38.6 Å². The highest BCUT2D eigenvalue weighted by atomic mass is 127. The van der Waals surface area contributed by atoms with Gasteiger partial charge in [-0.1, -0.05) is 18.2 Å². The molecule has 3 rings (SSSR count). The number of guanidine groups is 1. The summed E-state index contributed by atoms with van der Waals surface area (Å²) in [6.07, 6.45) is 4.87. The Labute approximate surface area is 175 Å². The summed E-state index contributed by atoms with van der Waals surface area (Å²) in [4.78, 5) is 6.79. The summed E-state index contributed by atoms with van der Waals surface area (Å²) in [5.41, 5.74) is 2.84. The lowest BCUT2D eigenvalue weighted by Gasteiger charge is -2.25. The Balaban J connectivity index is 0.00000243. The molecule has 1 aliphatic carbocycles. The molecule has 0 radical (unpaired) electrons. The van der Waals surface area contributed by atoms with Crippen LogP contribution in [0.3, 0.4) is 0 Å². The number of fused-ring (bicyclic) bond motifs is 1. The normalized spacial score (nSPS) is 19.1. The zero-order chi connectivity index (χ0) is 17.5. The van der Waals surface area contributed by atoms with Crippen molar-refractivity contribution < 1.29 is 4.74 Å². The van der Waals surface area contributed by atoms with Crippen molar-refractivity contribution in [2.24, 2.45) is 10.9 Å². The molecule has 1 aromatic rings. The molecule has 2 aliphatic rings. The lowest BCUT2D eigenvalue weighted by Crippen LogP contribution is -2.43. The van der Waals surface area contributed by atoms with Crippen LogP contribution in [0.15, 0.2) is 29.3 Å². The standard InChI is InChI=1S/C20H32N4O.HI/c1-16-14-18-6-3-4-7-19(18)24(16)12-11-23-20(21-2)22-10-5-13-25-15-17-8-9-17;/h3-4,6-7,16-17H,5,8-15H2,1-2H3,(H2,21,22,23);1H. The van der Waals surface area contributed by atoms with Gasteiger partial charge in [0.2, 0.25) is 0 Å². The van der Waals surface area contributed by atoms with E-state index in [2.05, 4.69) is 51.7 Å². The number of aliphatic imine (C=N–C) groups is 1. The van der Waals surface area contributed by atoms with Crippen LogP contribution in [-0.4, -0.2) is 51.9 Å². The molecule has 0 spiro atoms. The van der Waals surface area contributed by atoms with E-state index in [1.165, 1.54) is 24.1 Å². The van der Waals surface area contributed by atoms with Crippen molar-refractivity contribution in [1.82, 2.24) is 10.6 Å². The molecule has 1 atom stereocenters. The molecule has 5 nitrogen and oxygen atoms in total. The second kappa shape index (κ2) is 11.0. The summed E-state index contributed by atoms with van der Waals surface area (Å²) < 4.78 is 5.66. The maximum atomic E-state index is 5.66. The molecule has 26 heavy (non-hydrogen) atoms. The minimum atomic E-state index is 0. The fourth-order valence-corrected chi connectivity index (χ4v) is 3.40.